The number of hydrogen-bond acceptors (Lipinski definition) is 3. The number of benzene rings is 1. The van der Waals surface area contributed by atoms with Crippen LogP contribution in [0, 0.1) is 5.82 Å². The van der Waals surface area contributed by atoms with Gasteiger partial charge in [0.2, 0.25) is 10.0 Å². The molecule has 1 saturated heterocycles. The molecule has 2 rings (SSSR count). The molecule has 0 saturated carbocycles. The first-order valence-electron chi connectivity index (χ1n) is 6.50. The number of rotatable bonds is 4. The minimum absolute atomic E-state index is 0. The second-order valence-electron chi connectivity index (χ2n) is 4.70. The topological polar surface area (TPSA) is 49.4 Å². The van der Waals surface area contributed by atoms with E-state index in [-0.39, 0.29) is 30.0 Å². The molecule has 114 valence electrons. The van der Waals surface area contributed by atoms with Crippen molar-refractivity contribution in [2.24, 2.45) is 0 Å². The van der Waals surface area contributed by atoms with E-state index >= 15 is 0 Å². The molecule has 0 bridgehead atoms. The van der Waals surface area contributed by atoms with Crippen LogP contribution in [0.5, 0.6) is 0 Å². The summed E-state index contributed by atoms with van der Waals surface area (Å²) >= 11 is 0. The Balaban J connectivity index is 0.00000200. The molecule has 1 fully saturated rings. The van der Waals surface area contributed by atoms with Crippen LogP contribution < -0.4 is 5.32 Å². The van der Waals surface area contributed by atoms with Gasteiger partial charge in [-0.25, -0.2) is 12.8 Å². The van der Waals surface area contributed by atoms with E-state index in [4.69, 9.17) is 0 Å². The molecule has 1 atom stereocenters. The van der Waals surface area contributed by atoms with Crippen LogP contribution in [0.3, 0.4) is 0 Å². The lowest BCUT2D eigenvalue weighted by Crippen LogP contribution is -2.49. The second-order valence-corrected chi connectivity index (χ2v) is 6.74. The summed E-state index contributed by atoms with van der Waals surface area (Å²) < 4.78 is 39.3. The largest absolute Gasteiger partial charge is 0.313 e. The highest BCUT2D eigenvalue weighted by atomic mass is 35.5. The fourth-order valence-corrected chi connectivity index (χ4v) is 4.10. The molecular formula is C13H20ClFN2O2S. The van der Waals surface area contributed by atoms with Crippen LogP contribution in [0.15, 0.2) is 24.3 Å². The van der Waals surface area contributed by atoms with Crippen LogP contribution in [-0.4, -0.2) is 38.1 Å². The number of piperazine rings is 1. The average Bonchev–Trinajstić information content (AvgIpc) is 2.39. The third-order valence-corrected chi connectivity index (χ3v) is 5.32. The minimum Gasteiger partial charge on any atom is -0.313 e. The summed E-state index contributed by atoms with van der Waals surface area (Å²) in [6, 6.07) is 5.84. The number of sulfonamides is 1. The molecule has 1 aliphatic heterocycles. The quantitative estimate of drug-likeness (QED) is 0.921. The maximum absolute atomic E-state index is 13.3. The van der Waals surface area contributed by atoms with Gasteiger partial charge < -0.3 is 5.32 Å². The normalized spacial score (nSPS) is 20.4. The molecule has 1 aliphatic rings. The number of nitrogens with one attached hydrogen (secondary N) is 1. The van der Waals surface area contributed by atoms with E-state index in [1.165, 1.54) is 16.4 Å². The van der Waals surface area contributed by atoms with E-state index in [1.807, 2.05) is 6.92 Å². The summed E-state index contributed by atoms with van der Waals surface area (Å²) in [7, 11) is -3.27. The summed E-state index contributed by atoms with van der Waals surface area (Å²) in [6.07, 6.45) is 0.585. The van der Waals surface area contributed by atoms with Crippen molar-refractivity contribution in [2.45, 2.75) is 19.4 Å². The molecule has 0 aromatic heterocycles. The van der Waals surface area contributed by atoms with E-state index < -0.39 is 10.0 Å². The third kappa shape index (κ3) is 3.91. The van der Waals surface area contributed by atoms with Crippen LogP contribution >= 0.6 is 12.4 Å². The Morgan fingerprint density at radius 3 is 2.85 bits per heavy atom. The summed E-state index contributed by atoms with van der Waals surface area (Å²) in [4.78, 5) is 0. The maximum atomic E-state index is 13.3. The van der Waals surface area contributed by atoms with Crippen LogP contribution in [-0.2, 0) is 10.0 Å². The standard InChI is InChI=1S/C13H19FN2O2S.ClH/c1-2-8-19(17,18)16-7-6-15-10-13(16)11-4-3-5-12(14)9-11;/h3-5,9,13,15H,2,6-8,10H2,1H3;1H. The Morgan fingerprint density at radius 2 is 2.20 bits per heavy atom. The van der Waals surface area contributed by atoms with Gasteiger partial charge in [-0.15, -0.1) is 12.4 Å². The highest BCUT2D eigenvalue weighted by Crippen LogP contribution is 2.26. The molecule has 0 radical (unpaired) electrons. The van der Waals surface area contributed by atoms with E-state index in [1.54, 1.807) is 12.1 Å². The van der Waals surface area contributed by atoms with Gasteiger partial charge in [-0.05, 0) is 24.1 Å². The zero-order valence-electron chi connectivity index (χ0n) is 11.4. The number of hydrogen-bond donors (Lipinski definition) is 1. The van der Waals surface area contributed by atoms with Crippen molar-refractivity contribution in [1.29, 1.82) is 0 Å². The Kier molecular flexibility index (Phi) is 6.39. The van der Waals surface area contributed by atoms with Crippen molar-refractivity contribution in [3.63, 3.8) is 0 Å². The molecule has 0 spiro atoms. The first-order valence-corrected chi connectivity index (χ1v) is 8.11. The molecule has 1 N–H and O–H groups in total. The van der Waals surface area contributed by atoms with Gasteiger partial charge in [0.05, 0.1) is 11.8 Å². The van der Waals surface area contributed by atoms with Gasteiger partial charge in [0.15, 0.2) is 0 Å². The van der Waals surface area contributed by atoms with E-state index in [0.717, 1.165) is 0 Å². The lowest BCUT2D eigenvalue weighted by molar-refractivity contribution is 0.271. The van der Waals surface area contributed by atoms with E-state index in [0.29, 0.717) is 31.6 Å². The fourth-order valence-electron chi connectivity index (χ4n) is 2.39. The Bertz CT molecular complexity index is 539. The molecule has 20 heavy (non-hydrogen) atoms. The SMILES string of the molecule is CCCS(=O)(=O)N1CCNCC1c1cccc(F)c1.Cl. The zero-order chi connectivity index (χ0) is 13.9. The predicted molar refractivity (Wildman–Crippen MR) is 80.0 cm³/mol. The number of nitrogens with zero attached hydrogens (tertiary/aromatic N) is 1. The van der Waals surface area contributed by atoms with Gasteiger partial charge in [-0.3, -0.25) is 0 Å². The lowest BCUT2D eigenvalue weighted by Gasteiger charge is -2.35. The van der Waals surface area contributed by atoms with Crippen molar-refractivity contribution >= 4 is 22.4 Å². The molecule has 1 unspecified atom stereocenters. The van der Waals surface area contributed by atoms with Crippen LogP contribution in [0.4, 0.5) is 4.39 Å². The van der Waals surface area contributed by atoms with E-state index in [2.05, 4.69) is 5.32 Å². The van der Waals surface area contributed by atoms with Crippen LogP contribution in [0.1, 0.15) is 24.9 Å². The smallest absolute Gasteiger partial charge is 0.214 e. The highest BCUT2D eigenvalue weighted by molar-refractivity contribution is 7.89. The fraction of sp³-hybridized carbons (Fsp3) is 0.538. The summed E-state index contributed by atoms with van der Waals surface area (Å²) in [5.41, 5.74) is 0.701. The maximum Gasteiger partial charge on any atom is 0.214 e. The Morgan fingerprint density at radius 1 is 1.45 bits per heavy atom. The summed E-state index contributed by atoms with van der Waals surface area (Å²) in [5, 5.41) is 3.17. The van der Waals surface area contributed by atoms with Crippen molar-refractivity contribution in [3.8, 4) is 0 Å². The Labute approximate surface area is 125 Å². The average molecular weight is 323 g/mol. The molecule has 7 heteroatoms. The molecule has 1 aromatic rings. The predicted octanol–water partition coefficient (Wildman–Crippen LogP) is 1.93. The van der Waals surface area contributed by atoms with Crippen molar-refractivity contribution in [1.82, 2.24) is 9.62 Å². The van der Waals surface area contributed by atoms with Crippen molar-refractivity contribution < 1.29 is 12.8 Å². The highest BCUT2D eigenvalue weighted by Gasteiger charge is 2.32. The lowest BCUT2D eigenvalue weighted by atomic mass is 10.1. The Hall–Kier alpha value is -0.690. The molecule has 1 aromatic carbocycles. The van der Waals surface area contributed by atoms with Gasteiger partial charge in [0.1, 0.15) is 5.82 Å². The summed E-state index contributed by atoms with van der Waals surface area (Å²) in [6.45, 7) is 3.43. The molecule has 1 heterocycles. The van der Waals surface area contributed by atoms with Crippen LogP contribution in [0.25, 0.3) is 0 Å². The molecule has 4 nitrogen and oxygen atoms in total. The molecule has 0 amide bonds. The van der Waals surface area contributed by atoms with Gasteiger partial charge in [-0.2, -0.15) is 4.31 Å². The van der Waals surface area contributed by atoms with Gasteiger partial charge in [-0.1, -0.05) is 19.1 Å². The van der Waals surface area contributed by atoms with Gasteiger partial charge >= 0.3 is 0 Å². The van der Waals surface area contributed by atoms with Gasteiger partial charge in [0.25, 0.3) is 0 Å². The molecule has 0 aliphatic carbocycles. The van der Waals surface area contributed by atoms with Crippen LogP contribution in [0.2, 0.25) is 0 Å². The second kappa shape index (κ2) is 7.36. The monoisotopic (exact) mass is 322 g/mol. The van der Waals surface area contributed by atoms with Crippen molar-refractivity contribution in [2.75, 3.05) is 25.4 Å². The van der Waals surface area contributed by atoms with Crippen molar-refractivity contribution in [3.05, 3.63) is 35.6 Å². The minimum atomic E-state index is -3.27. The summed E-state index contributed by atoms with van der Waals surface area (Å²) in [5.74, 6) is -0.199. The molecular weight excluding hydrogens is 303 g/mol. The number of halogens is 2. The third-order valence-electron chi connectivity index (χ3n) is 3.25. The first-order chi connectivity index (χ1) is 9.04. The van der Waals surface area contributed by atoms with Gasteiger partial charge in [0, 0.05) is 19.6 Å². The van der Waals surface area contributed by atoms with E-state index in [9.17, 15) is 12.8 Å². The first kappa shape index (κ1) is 17.4. The zero-order valence-corrected chi connectivity index (χ0v) is 13.0.